The van der Waals surface area contributed by atoms with Gasteiger partial charge in [0.15, 0.2) is 17.5 Å². The van der Waals surface area contributed by atoms with Crippen molar-refractivity contribution < 1.29 is 32.9 Å². The zero-order chi connectivity index (χ0) is 28.2. The van der Waals surface area contributed by atoms with E-state index in [0.717, 1.165) is 12.1 Å². The van der Waals surface area contributed by atoms with Crippen LogP contribution in [0.1, 0.15) is 48.5 Å². The minimum absolute atomic E-state index is 0.0235. The number of aliphatic hydroxyl groups is 1. The lowest BCUT2D eigenvalue weighted by molar-refractivity contribution is -0.153. The average Bonchev–Trinajstić information content (AvgIpc) is 2.94. The minimum Gasteiger partial charge on any atom is -0.497 e. The number of methoxy groups -OCH3 is 1. The summed E-state index contributed by atoms with van der Waals surface area (Å²) in [6.45, 7) is 1.34. The maximum Gasteiger partial charge on any atom is 0.309 e. The van der Waals surface area contributed by atoms with E-state index in [1.54, 1.807) is 31.5 Å². The van der Waals surface area contributed by atoms with Crippen LogP contribution in [0.4, 0.5) is 13.2 Å². The van der Waals surface area contributed by atoms with E-state index in [2.05, 4.69) is 16.8 Å². The number of fused-ring (bicyclic) bond motifs is 1. The van der Waals surface area contributed by atoms with Crippen LogP contribution in [0.25, 0.3) is 10.9 Å². The van der Waals surface area contributed by atoms with Crippen molar-refractivity contribution in [3.05, 3.63) is 70.7 Å². The fraction of sp³-hybridized carbons (Fsp3) is 0.379. The molecule has 0 radical (unpaired) electrons. The Balaban J connectivity index is 1.43. The van der Waals surface area contributed by atoms with Crippen molar-refractivity contribution >= 4 is 16.9 Å². The van der Waals surface area contributed by atoms with E-state index < -0.39 is 34.9 Å². The molecular formula is C29H30F3N3O4. The largest absolute Gasteiger partial charge is 0.497 e. The Labute approximate surface area is 224 Å². The standard InChI is InChI=1S/C29H30F3N3O4/c1-39-20-4-5-24-21(15-20)26(19(16-33)17-34-24)25(36)6-7-29(28(37)38)8-11-35(12-9-29)10-2-3-18-13-22(30)27(32)23(31)14-18/h4-5,13-15,17,25,36H,6-12,16,33H2,1H3,(H,37,38). The van der Waals surface area contributed by atoms with Gasteiger partial charge < -0.3 is 20.7 Å². The molecule has 1 aliphatic rings. The third kappa shape index (κ3) is 6.17. The van der Waals surface area contributed by atoms with Crippen molar-refractivity contribution in [2.45, 2.75) is 38.3 Å². The summed E-state index contributed by atoms with van der Waals surface area (Å²) in [5.41, 5.74) is 6.92. The molecule has 0 bridgehead atoms. The minimum atomic E-state index is -1.54. The first kappa shape index (κ1) is 28.4. The van der Waals surface area contributed by atoms with Crippen molar-refractivity contribution in [2.75, 3.05) is 26.7 Å². The summed E-state index contributed by atoms with van der Waals surface area (Å²) in [5, 5.41) is 22.1. The molecule has 0 saturated carbocycles. The number of aromatic nitrogens is 1. The Bertz CT molecular complexity index is 1400. The van der Waals surface area contributed by atoms with Gasteiger partial charge in [0.25, 0.3) is 0 Å². The molecule has 39 heavy (non-hydrogen) atoms. The summed E-state index contributed by atoms with van der Waals surface area (Å²) < 4.78 is 45.2. The highest BCUT2D eigenvalue weighted by molar-refractivity contribution is 5.85. The smallest absolute Gasteiger partial charge is 0.309 e. The molecular weight excluding hydrogens is 511 g/mol. The number of nitrogens with two attached hydrogens (primary N) is 1. The number of nitrogens with zero attached hydrogens (tertiary/aromatic N) is 2. The third-order valence-electron chi connectivity index (χ3n) is 7.43. The molecule has 0 amide bonds. The number of likely N-dealkylation sites (tertiary alicyclic amines) is 1. The molecule has 1 unspecified atom stereocenters. The first-order valence-corrected chi connectivity index (χ1v) is 12.6. The predicted molar refractivity (Wildman–Crippen MR) is 139 cm³/mol. The second kappa shape index (κ2) is 12.0. The van der Waals surface area contributed by atoms with E-state index >= 15 is 0 Å². The highest BCUT2D eigenvalue weighted by atomic mass is 19.2. The summed E-state index contributed by atoms with van der Waals surface area (Å²) >= 11 is 0. The Morgan fingerprint density at radius 3 is 2.51 bits per heavy atom. The van der Waals surface area contributed by atoms with E-state index in [9.17, 15) is 28.2 Å². The second-order valence-electron chi connectivity index (χ2n) is 9.76. The number of piperidine rings is 1. The molecule has 3 aromatic rings. The van der Waals surface area contributed by atoms with Crippen LogP contribution in [0.2, 0.25) is 0 Å². The van der Waals surface area contributed by atoms with Crippen molar-refractivity contribution in [3.8, 4) is 17.6 Å². The lowest BCUT2D eigenvalue weighted by Gasteiger charge is -2.38. The molecule has 7 nitrogen and oxygen atoms in total. The first-order chi connectivity index (χ1) is 18.7. The predicted octanol–water partition coefficient (Wildman–Crippen LogP) is 4.15. The Morgan fingerprint density at radius 1 is 1.21 bits per heavy atom. The fourth-order valence-electron chi connectivity index (χ4n) is 5.06. The molecule has 0 aliphatic carbocycles. The number of pyridine rings is 1. The summed E-state index contributed by atoms with van der Waals surface area (Å²) in [7, 11) is 1.55. The number of aliphatic hydroxyl groups excluding tert-OH is 1. The van der Waals surface area contributed by atoms with Gasteiger partial charge in [-0.25, -0.2) is 13.2 Å². The SMILES string of the molecule is COc1ccc2ncc(CN)c(C(O)CCC3(C(=O)O)CCN(CC#Cc4cc(F)c(F)c(F)c4)CC3)c2c1. The summed E-state index contributed by atoms with van der Waals surface area (Å²) in [5.74, 6) is 0.989. The van der Waals surface area contributed by atoms with Crippen molar-refractivity contribution in [2.24, 2.45) is 11.1 Å². The van der Waals surface area contributed by atoms with E-state index in [1.807, 2.05) is 4.90 Å². The fourth-order valence-corrected chi connectivity index (χ4v) is 5.06. The molecule has 1 fully saturated rings. The maximum atomic E-state index is 13.4. The van der Waals surface area contributed by atoms with Gasteiger partial charge in [-0.05, 0) is 67.1 Å². The van der Waals surface area contributed by atoms with E-state index in [4.69, 9.17) is 10.5 Å². The van der Waals surface area contributed by atoms with Gasteiger partial charge in [0.1, 0.15) is 5.75 Å². The van der Waals surface area contributed by atoms with Crippen LogP contribution in [-0.4, -0.2) is 52.8 Å². The Hall–Kier alpha value is -3.65. The summed E-state index contributed by atoms with van der Waals surface area (Å²) in [6, 6.07) is 7.04. The van der Waals surface area contributed by atoms with Crippen LogP contribution >= 0.6 is 0 Å². The van der Waals surface area contributed by atoms with Crippen LogP contribution in [-0.2, 0) is 11.3 Å². The Morgan fingerprint density at radius 2 is 1.90 bits per heavy atom. The summed E-state index contributed by atoms with van der Waals surface area (Å²) in [4.78, 5) is 18.7. The zero-order valence-electron chi connectivity index (χ0n) is 21.5. The number of rotatable bonds is 8. The summed E-state index contributed by atoms with van der Waals surface area (Å²) in [6.07, 6.45) is 1.87. The second-order valence-corrected chi connectivity index (χ2v) is 9.76. The van der Waals surface area contributed by atoms with Crippen LogP contribution in [0, 0.1) is 34.7 Å². The molecule has 2 heterocycles. The topological polar surface area (TPSA) is 109 Å². The van der Waals surface area contributed by atoms with Gasteiger partial charge in [0, 0.05) is 36.8 Å². The lowest BCUT2D eigenvalue weighted by atomic mass is 9.74. The number of aliphatic carboxylic acids is 1. The molecule has 206 valence electrons. The maximum absolute atomic E-state index is 13.4. The first-order valence-electron chi connectivity index (χ1n) is 12.6. The number of ether oxygens (including phenoxy) is 1. The average molecular weight is 542 g/mol. The number of hydrogen-bond acceptors (Lipinski definition) is 6. The van der Waals surface area contributed by atoms with Gasteiger partial charge >= 0.3 is 5.97 Å². The number of carboxylic acid groups (broad SMARTS) is 1. The zero-order valence-corrected chi connectivity index (χ0v) is 21.5. The van der Waals surface area contributed by atoms with Crippen molar-refractivity contribution in [1.29, 1.82) is 0 Å². The third-order valence-corrected chi connectivity index (χ3v) is 7.43. The van der Waals surface area contributed by atoms with Gasteiger partial charge in [0.2, 0.25) is 0 Å². The number of hydrogen-bond donors (Lipinski definition) is 3. The van der Waals surface area contributed by atoms with Crippen molar-refractivity contribution in [1.82, 2.24) is 9.88 Å². The van der Waals surface area contributed by atoms with Crippen LogP contribution in [0.3, 0.4) is 0 Å². The van der Waals surface area contributed by atoms with Crippen LogP contribution in [0.15, 0.2) is 36.5 Å². The number of carbonyl (C=O) groups is 1. The van der Waals surface area contributed by atoms with Gasteiger partial charge in [-0.2, -0.15) is 0 Å². The quantitative estimate of drug-likeness (QED) is 0.290. The highest BCUT2D eigenvalue weighted by Gasteiger charge is 2.41. The highest BCUT2D eigenvalue weighted by Crippen LogP contribution is 2.40. The molecule has 0 spiro atoms. The Kier molecular flexibility index (Phi) is 8.75. The van der Waals surface area contributed by atoms with Gasteiger partial charge in [-0.15, -0.1) is 0 Å². The van der Waals surface area contributed by atoms with Gasteiger partial charge in [-0.3, -0.25) is 14.7 Å². The van der Waals surface area contributed by atoms with E-state index in [0.29, 0.717) is 53.7 Å². The van der Waals surface area contributed by atoms with E-state index in [-0.39, 0.29) is 31.5 Å². The molecule has 2 aromatic carbocycles. The molecule has 1 saturated heterocycles. The molecule has 4 rings (SSSR count). The van der Waals surface area contributed by atoms with Gasteiger partial charge in [0.05, 0.1) is 30.7 Å². The molecule has 10 heteroatoms. The molecule has 1 atom stereocenters. The van der Waals surface area contributed by atoms with Gasteiger partial charge in [-0.1, -0.05) is 11.8 Å². The lowest BCUT2D eigenvalue weighted by Crippen LogP contribution is -2.44. The normalized spacial score (nSPS) is 15.9. The van der Waals surface area contributed by atoms with Crippen LogP contribution < -0.4 is 10.5 Å². The number of halogens is 3. The monoisotopic (exact) mass is 541 g/mol. The van der Waals surface area contributed by atoms with Crippen LogP contribution in [0.5, 0.6) is 5.75 Å². The number of carboxylic acids is 1. The van der Waals surface area contributed by atoms with E-state index in [1.165, 1.54) is 0 Å². The molecule has 4 N–H and O–H groups in total. The molecule has 1 aromatic heterocycles. The molecule has 1 aliphatic heterocycles. The number of benzene rings is 2. The van der Waals surface area contributed by atoms with Crippen molar-refractivity contribution in [3.63, 3.8) is 0 Å².